The van der Waals surface area contributed by atoms with Gasteiger partial charge in [0.25, 0.3) is 0 Å². The van der Waals surface area contributed by atoms with Crippen LogP contribution in [0, 0.1) is 5.41 Å². The third-order valence-corrected chi connectivity index (χ3v) is 5.24. The maximum atomic E-state index is 12.7. The van der Waals surface area contributed by atoms with E-state index in [0.717, 1.165) is 31.4 Å². The summed E-state index contributed by atoms with van der Waals surface area (Å²) in [4.78, 5) is 17.2. The highest BCUT2D eigenvalue weighted by atomic mass is 16.1. The molecule has 3 rings (SSSR count). The van der Waals surface area contributed by atoms with Crippen LogP contribution in [-0.4, -0.2) is 17.3 Å². The van der Waals surface area contributed by atoms with Crippen LogP contribution in [0.25, 0.3) is 0 Å². The van der Waals surface area contributed by atoms with Crippen LogP contribution in [0.1, 0.15) is 62.1 Å². The molecular formula is C17H24N2O. The minimum atomic E-state index is 0.0246. The topological polar surface area (TPSA) is 56.0 Å². The normalized spacial score (nSPS) is 24.4. The zero-order valence-electron chi connectivity index (χ0n) is 12.1. The second-order valence-corrected chi connectivity index (χ2v) is 6.55. The van der Waals surface area contributed by atoms with Crippen LogP contribution in [0.3, 0.4) is 0 Å². The maximum absolute atomic E-state index is 12.7. The van der Waals surface area contributed by atoms with E-state index in [1.54, 1.807) is 0 Å². The Labute approximate surface area is 121 Å². The van der Waals surface area contributed by atoms with Crippen molar-refractivity contribution in [2.45, 2.75) is 57.3 Å². The number of Topliss-reactive ketones (excluding diaryl/α,β-unsaturated/α-hetero) is 1. The molecule has 1 saturated carbocycles. The molecule has 0 spiro atoms. The third kappa shape index (κ3) is 2.51. The predicted octanol–water partition coefficient (Wildman–Crippen LogP) is 2.98. The standard InChI is InChI=1S/C17H24N2O/c18-12-17(8-2-1-3-9-17)11-15(20)14-7-6-13-5-4-10-19-16(13)14/h4-5,10,14H,1-3,6-9,11-12,18H2. The number of aromatic nitrogens is 1. The highest BCUT2D eigenvalue weighted by Gasteiger charge is 2.37. The molecule has 2 N–H and O–H groups in total. The molecule has 0 aliphatic heterocycles. The lowest BCUT2D eigenvalue weighted by molar-refractivity contribution is -0.123. The quantitative estimate of drug-likeness (QED) is 0.916. The Hall–Kier alpha value is -1.22. The number of carbonyl (C=O) groups excluding carboxylic acids is 1. The van der Waals surface area contributed by atoms with Crippen molar-refractivity contribution in [3.8, 4) is 0 Å². The van der Waals surface area contributed by atoms with Gasteiger partial charge in [-0.1, -0.05) is 25.3 Å². The van der Waals surface area contributed by atoms with Crippen molar-refractivity contribution < 1.29 is 4.79 Å². The van der Waals surface area contributed by atoms with E-state index < -0.39 is 0 Å². The average molecular weight is 272 g/mol. The molecule has 1 unspecified atom stereocenters. The molecule has 0 saturated heterocycles. The molecule has 0 aromatic carbocycles. The van der Waals surface area contributed by atoms with E-state index >= 15 is 0 Å². The summed E-state index contributed by atoms with van der Waals surface area (Å²) in [6.07, 6.45) is 10.4. The predicted molar refractivity (Wildman–Crippen MR) is 79.5 cm³/mol. The number of hydrogen-bond acceptors (Lipinski definition) is 3. The SMILES string of the molecule is NCC1(CC(=O)C2CCc3cccnc32)CCCCC1. The van der Waals surface area contributed by atoms with Gasteiger partial charge in [-0.15, -0.1) is 0 Å². The summed E-state index contributed by atoms with van der Waals surface area (Å²) >= 11 is 0. The molecular weight excluding hydrogens is 248 g/mol. The Balaban J connectivity index is 1.74. The minimum Gasteiger partial charge on any atom is -0.330 e. The van der Waals surface area contributed by atoms with Crippen LogP contribution < -0.4 is 5.73 Å². The monoisotopic (exact) mass is 272 g/mol. The van der Waals surface area contributed by atoms with Gasteiger partial charge in [-0.05, 0) is 49.3 Å². The zero-order chi connectivity index (χ0) is 14.0. The van der Waals surface area contributed by atoms with Gasteiger partial charge >= 0.3 is 0 Å². The summed E-state index contributed by atoms with van der Waals surface area (Å²) in [5.41, 5.74) is 8.38. The third-order valence-electron chi connectivity index (χ3n) is 5.24. The number of hydrogen-bond donors (Lipinski definition) is 1. The zero-order valence-corrected chi connectivity index (χ0v) is 12.1. The summed E-state index contributed by atoms with van der Waals surface area (Å²) < 4.78 is 0. The van der Waals surface area contributed by atoms with Gasteiger partial charge in [0, 0.05) is 12.6 Å². The van der Waals surface area contributed by atoms with Crippen LogP contribution in [0.5, 0.6) is 0 Å². The van der Waals surface area contributed by atoms with Crippen LogP contribution in [0.4, 0.5) is 0 Å². The highest BCUT2D eigenvalue weighted by Crippen LogP contribution is 2.42. The average Bonchev–Trinajstić information content (AvgIpc) is 2.92. The van der Waals surface area contributed by atoms with Crippen molar-refractivity contribution in [3.05, 3.63) is 29.6 Å². The molecule has 2 aliphatic carbocycles. The first kappa shape index (κ1) is 13.7. The Morgan fingerprint density at radius 2 is 2.15 bits per heavy atom. The van der Waals surface area contributed by atoms with E-state index in [4.69, 9.17) is 5.73 Å². The number of nitrogens with zero attached hydrogens (tertiary/aromatic N) is 1. The molecule has 1 fully saturated rings. The van der Waals surface area contributed by atoms with Crippen LogP contribution in [0.2, 0.25) is 0 Å². The number of ketones is 1. The molecule has 1 atom stereocenters. The van der Waals surface area contributed by atoms with Crippen LogP contribution in [-0.2, 0) is 11.2 Å². The van der Waals surface area contributed by atoms with Crippen LogP contribution in [0.15, 0.2) is 18.3 Å². The number of rotatable bonds is 4. The first-order valence-electron chi connectivity index (χ1n) is 7.91. The molecule has 0 amide bonds. The molecule has 0 bridgehead atoms. The molecule has 1 aromatic heterocycles. The fraction of sp³-hybridized carbons (Fsp3) is 0.647. The van der Waals surface area contributed by atoms with E-state index in [9.17, 15) is 4.79 Å². The van der Waals surface area contributed by atoms with Crippen molar-refractivity contribution >= 4 is 5.78 Å². The van der Waals surface area contributed by atoms with Crippen molar-refractivity contribution in [1.29, 1.82) is 0 Å². The number of fused-ring (bicyclic) bond motifs is 1. The molecule has 3 nitrogen and oxygen atoms in total. The summed E-state index contributed by atoms with van der Waals surface area (Å²) in [6.45, 7) is 0.653. The van der Waals surface area contributed by atoms with E-state index in [2.05, 4.69) is 11.1 Å². The van der Waals surface area contributed by atoms with E-state index in [1.807, 2.05) is 12.3 Å². The molecule has 2 aliphatic rings. The van der Waals surface area contributed by atoms with Gasteiger partial charge in [0.05, 0.1) is 11.6 Å². The van der Waals surface area contributed by atoms with Gasteiger partial charge in [0.1, 0.15) is 5.78 Å². The summed E-state index contributed by atoms with van der Waals surface area (Å²) in [7, 11) is 0. The highest BCUT2D eigenvalue weighted by molar-refractivity contribution is 5.87. The van der Waals surface area contributed by atoms with E-state index in [-0.39, 0.29) is 11.3 Å². The fourth-order valence-corrected chi connectivity index (χ4v) is 3.97. The number of aryl methyl sites for hydroxylation is 1. The Morgan fingerprint density at radius 1 is 1.35 bits per heavy atom. The second-order valence-electron chi connectivity index (χ2n) is 6.55. The Kier molecular flexibility index (Phi) is 3.88. The number of nitrogens with two attached hydrogens (primary N) is 1. The lowest BCUT2D eigenvalue weighted by Gasteiger charge is -2.36. The molecule has 0 radical (unpaired) electrons. The van der Waals surface area contributed by atoms with Gasteiger partial charge in [-0.25, -0.2) is 0 Å². The van der Waals surface area contributed by atoms with Crippen molar-refractivity contribution in [3.63, 3.8) is 0 Å². The molecule has 20 heavy (non-hydrogen) atoms. The first-order chi connectivity index (χ1) is 9.74. The van der Waals surface area contributed by atoms with Crippen molar-refractivity contribution in [2.24, 2.45) is 11.1 Å². The first-order valence-corrected chi connectivity index (χ1v) is 7.91. The number of carbonyl (C=O) groups is 1. The van der Waals surface area contributed by atoms with E-state index in [0.29, 0.717) is 18.7 Å². The molecule has 108 valence electrons. The van der Waals surface area contributed by atoms with Gasteiger partial charge < -0.3 is 5.73 Å². The van der Waals surface area contributed by atoms with Gasteiger partial charge in [-0.2, -0.15) is 0 Å². The fourth-order valence-electron chi connectivity index (χ4n) is 3.97. The van der Waals surface area contributed by atoms with E-state index in [1.165, 1.54) is 24.8 Å². The van der Waals surface area contributed by atoms with Crippen molar-refractivity contribution in [1.82, 2.24) is 4.98 Å². The Bertz CT molecular complexity index is 492. The summed E-state index contributed by atoms with van der Waals surface area (Å²) in [6, 6.07) is 4.07. The molecule has 1 aromatic rings. The maximum Gasteiger partial charge on any atom is 0.142 e. The summed E-state index contributed by atoms with van der Waals surface area (Å²) in [5, 5.41) is 0. The Morgan fingerprint density at radius 3 is 2.90 bits per heavy atom. The minimum absolute atomic E-state index is 0.0246. The molecule has 3 heteroatoms. The largest absolute Gasteiger partial charge is 0.330 e. The summed E-state index contributed by atoms with van der Waals surface area (Å²) in [5.74, 6) is 0.395. The van der Waals surface area contributed by atoms with Gasteiger partial charge in [0.15, 0.2) is 0 Å². The van der Waals surface area contributed by atoms with Crippen molar-refractivity contribution in [2.75, 3.05) is 6.54 Å². The number of pyridine rings is 1. The lowest BCUT2D eigenvalue weighted by Crippen LogP contribution is -2.36. The van der Waals surface area contributed by atoms with Gasteiger partial charge in [-0.3, -0.25) is 9.78 Å². The second kappa shape index (κ2) is 5.65. The molecule has 1 heterocycles. The lowest BCUT2D eigenvalue weighted by atomic mass is 9.69. The van der Waals surface area contributed by atoms with Crippen LogP contribution >= 0.6 is 0 Å². The smallest absolute Gasteiger partial charge is 0.142 e. The van der Waals surface area contributed by atoms with Gasteiger partial charge in [0.2, 0.25) is 0 Å².